The Morgan fingerprint density at radius 2 is 2.20 bits per heavy atom. The lowest BCUT2D eigenvalue weighted by atomic mass is 9.90. The van der Waals surface area contributed by atoms with Crippen LogP contribution in [0.4, 0.5) is 4.39 Å². The number of piperidine rings is 1. The number of para-hydroxylation sites is 1. The van der Waals surface area contributed by atoms with Gasteiger partial charge in [-0.15, -0.1) is 0 Å². The van der Waals surface area contributed by atoms with E-state index in [4.69, 9.17) is 0 Å². The Balaban J connectivity index is 2.04. The summed E-state index contributed by atoms with van der Waals surface area (Å²) in [5.41, 5.74) is 0.842. The molecule has 0 saturated carbocycles. The molecule has 0 amide bonds. The van der Waals surface area contributed by atoms with Gasteiger partial charge in [0.2, 0.25) is 0 Å². The highest BCUT2D eigenvalue weighted by atomic mass is 19.1. The van der Waals surface area contributed by atoms with Gasteiger partial charge in [-0.25, -0.2) is 4.39 Å². The average Bonchev–Trinajstić information content (AvgIpc) is 2.24. The SMILES string of the molecule is Oc1ccccc1CC1CNCCC1F. The van der Waals surface area contributed by atoms with Crippen molar-refractivity contribution in [2.75, 3.05) is 13.1 Å². The van der Waals surface area contributed by atoms with Crippen molar-refractivity contribution in [2.24, 2.45) is 5.92 Å². The molecule has 15 heavy (non-hydrogen) atoms. The second kappa shape index (κ2) is 4.62. The van der Waals surface area contributed by atoms with Crippen molar-refractivity contribution < 1.29 is 9.50 Å². The van der Waals surface area contributed by atoms with E-state index in [9.17, 15) is 9.50 Å². The minimum absolute atomic E-state index is 0.00736. The molecule has 1 fully saturated rings. The van der Waals surface area contributed by atoms with Crippen LogP contribution < -0.4 is 5.32 Å². The van der Waals surface area contributed by atoms with E-state index in [1.54, 1.807) is 12.1 Å². The molecule has 0 radical (unpaired) electrons. The highest BCUT2D eigenvalue weighted by molar-refractivity contribution is 5.32. The number of halogens is 1. The van der Waals surface area contributed by atoms with Crippen LogP contribution in [0.5, 0.6) is 5.75 Å². The van der Waals surface area contributed by atoms with Crippen LogP contribution in [0.3, 0.4) is 0 Å². The molecule has 0 spiro atoms. The number of rotatable bonds is 2. The first-order chi connectivity index (χ1) is 7.27. The van der Waals surface area contributed by atoms with E-state index < -0.39 is 6.17 Å². The lowest BCUT2D eigenvalue weighted by Gasteiger charge is -2.26. The molecule has 1 saturated heterocycles. The normalized spacial score (nSPS) is 26.5. The molecule has 3 heteroatoms. The predicted molar refractivity (Wildman–Crippen MR) is 57.7 cm³/mol. The van der Waals surface area contributed by atoms with E-state index in [1.165, 1.54) is 0 Å². The Morgan fingerprint density at radius 3 is 2.93 bits per heavy atom. The van der Waals surface area contributed by atoms with Crippen molar-refractivity contribution in [1.29, 1.82) is 0 Å². The van der Waals surface area contributed by atoms with Crippen molar-refractivity contribution >= 4 is 0 Å². The predicted octanol–water partition coefficient (Wildman–Crippen LogP) is 1.88. The van der Waals surface area contributed by atoms with Gasteiger partial charge in [0, 0.05) is 12.5 Å². The molecule has 82 valence electrons. The third-order valence-corrected chi connectivity index (χ3v) is 2.99. The van der Waals surface area contributed by atoms with Crippen LogP contribution in [0.2, 0.25) is 0 Å². The molecule has 1 aromatic rings. The fourth-order valence-electron chi connectivity index (χ4n) is 2.06. The highest BCUT2D eigenvalue weighted by Gasteiger charge is 2.25. The van der Waals surface area contributed by atoms with Gasteiger partial charge in [0.25, 0.3) is 0 Å². The highest BCUT2D eigenvalue weighted by Crippen LogP contribution is 2.24. The first kappa shape index (κ1) is 10.4. The summed E-state index contributed by atoms with van der Waals surface area (Å²) >= 11 is 0. The van der Waals surface area contributed by atoms with Crippen LogP contribution in [0.15, 0.2) is 24.3 Å². The Bertz CT molecular complexity index is 329. The zero-order valence-electron chi connectivity index (χ0n) is 8.62. The molecule has 0 bridgehead atoms. The number of nitrogens with one attached hydrogen (secondary N) is 1. The molecular formula is C12H16FNO. The molecule has 1 heterocycles. The van der Waals surface area contributed by atoms with E-state index >= 15 is 0 Å². The molecule has 2 atom stereocenters. The van der Waals surface area contributed by atoms with Crippen LogP contribution in [0.25, 0.3) is 0 Å². The second-order valence-corrected chi connectivity index (χ2v) is 4.10. The van der Waals surface area contributed by atoms with Crippen LogP contribution in [-0.4, -0.2) is 24.4 Å². The number of benzene rings is 1. The summed E-state index contributed by atoms with van der Waals surface area (Å²) in [6, 6.07) is 7.17. The third kappa shape index (κ3) is 2.48. The van der Waals surface area contributed by atoms with Gasteiger partial charge in [-0.2, -0.15) is 0 Å². The van der Waals surface area contributed by atoms with E-state index in [0.29, 0.717) is 19.4 Å². The van der Waals surface area contributed by atoms with Gasteiger partial charge in [-0.05, 0) is 31.0 Å². The van der Waals surface area contributed by atoms with Gasteiger partial charge in [-0.3, -0.25) is 0 Å². The topological polar surface area (TPSA) is 32.3 Å². The number of phenolic OH excluding ortho intramolecular Hbond substituents is 1. The Kier molecular flexibility index (Phi) is 3.21. The molecule has 1 aliphatic heterocycles. The maximum Gasteiger partial charge on any atom is 0.118 e. The summed E-state index contributed by atoms with van der Waals surface area (Å²) in [5.74, 6) is 0.266. The number of hydrogen-bond acceptors (Lipinski definition) is 2. The van der Waals surface area contributed by atoms with E-state index in [0.717, 1.165) is 12.1 Å². The zero-order chi connectivity index (χ0) is 10.7. The van der Waals surface area contributed by atoms with E-state index in [-0.39, 0.29) is 11.7 Å². The quantitative estimate of drug-likeness (QED) is 0.779. The van der Waals surface area contributed by atoms with Crippen LogP contribution in [0, 0.1) is 5.92 Å². The molecule has 2 nitrogen and oxygen atoms in total. The summed E-state index contributed by atoms with van der Waals surface area (Å²) in [7, 11) is 0. The fourth-order valence-corrected chi connectivity index (χ4v) is 2.06. The van der Waals surface area contributed by atoms with E-state index in [1.807, 2.05) is 12.1 Å². The molecule has 1 aromatic carbocycles. The first-order valence-electron chi connectivity index (χ1n) is 5.39. The molecule has 0 aromatic heterocycles. The molecule has 2 unspecified atom stereocenters. The minimum atomic E-state index is -0.745. The number of hydrogen-bond donors (Lipinski definition) is 2. The summed E-state index contributed by atoms with van der Waals surface area (Å²) in [6.07, 6.45) is 0.449. The van der Waals surface area contributed by atoms with Crippen LogP contribution >= 0.6 is 0 Å². The third-order valence-electron chi connectivity index (χ3n) is 2.99. The van der Waals surface area contributed by atoms with Crippen molar-refractivity contribution in [1.82, 2.24) is 5.32 Å². The monoisotopic (exact) mass is 209 g/mol. The van der Waals surface area contributed by atoms with Crippen molar-refractivity contribution in [3.05, 3.63) is 29.8 Å². The standard InChI is InChI=1S/C12H16FNO/c13-11-5-6-14-8-10(11)7-9-3-1-2-4-12(9)15/h1-4,10-11,14-15H,5-8H2. The molecule has 0 aliphatic carbocycles. The van der Waals surface area contributed by atoms with Gasteiger partial charge in [0.05, 0.1) is 0 Å². The summed E-state index contributed by atoms with van der Waals surface area (Å²) < 4.78 is 13.5. The van der Waals surface area contributed by atoms with Crippen LogP contribution in [0.1, 0.15) is 12.0 Å². The van der Waals surface area contributed by atoms with Gasteiger partial charge < -0.3 is 10.4 Å². The van der Waals surface area contributed by atoms with E-state index in [2.05, 4.69) is 5.32 Å². The lowest BCUT2D eigenvalue weighted by molar-refractivity contribution is 0.177. The van der Waals surface area contributed by atoms with Gasteiger partial charge in [-0.1, -0.05) is 18.2 Å². The van der Waals surface area contributed by atoms with Gasteiger partial charge in [0.1, 0.15) is 11.9 Å². The van der Waals surface area contributed by atoms with Gasteiger partial charge >= 0.3 is 0 Å². The summed E-state index contributed by atoms with van der Waals surface area (Å²) in [4.78, 5) is 0. The minimum Gasteiger partial charge on any atom is -0.508 e. The molecule has 2 N–H and O–H groups in total. The lowest BCUT2D eigenvalue weighted by Crippen LogP contribution is -2.38. The first-order valence-corrected chi connectivity index (χ1v) is 5.39. The smallest absolute Gasteiger partial charge is 0.118 e. The number of phenols is 1. The summed E-state index contributed by atoms with van der Waals surface area (Å²) in [5, 5.41) is 12.8. The Hall–Kier alpha value is -1.09. The van der Waals surface area contributed by atoms with Gasteiger partial charge in [0.15, 0.2) is 0 Å². The van der Waals surface area contributed by atoms with Crippen LogP contribution in [-0.2, 0) is 6.42 Å². The fraction of sp³-hybridized carbons (Fsp3) is 0.500. The largest absolute Gasteiger partial charge is 0.508 e. The molecule has 2 rings (SSSR count). The van der Waals surface area contributed by atoms with Crippen molar-refractivity contribution in [3.63, 3.8) is 0 Å². The maximum absolute atomic E-state index is 13.5. The summed E-state index contributed by atoms with van der Waals surface area (Å²) in [6.45, 7) is 1.47. The molecular weight excluding hydrogens is 193 g/mol. The molecule has 1 aliphatic rings. The second-order valence-electron chi connectivity index (χ2n) is 4.10. The Labute approximate surface area is 89.1 Å². The number of aromatic hydroxyl groups is 1. The van der Waals surface area contributed by atoms with Crippen molar-refractivity contribution in [3.8, 4) is 5.75 Å². The van der Waals surface area contributed by atoms with Crippen molar-refractivity contribution in [2.45, 2.75) is 19.0 Å². The average molecular weight is 209 g/mol. The number of alkyl halides is 1. The maximum atomic E-state index is 13.5. The Morgan fingerprint density at radius 1 is 1.40 bits per heavy atom. The zero-order valence-corrected chi connectivity index (χ0v) is 8.62.